The molecule has 0 fully saturated rings. The van der Waals surface area contributed by atoms with E-state index in [1.54, 1.807) is 30.3 Å². The van der Waals surface area contributed by atoms with Gasteiger partial charge in [-0.15, -0.1) is 11.3 Å². The van der Waals surface area contributed by atoms with Gasteiger partial charge in [0.25, 0.3) is 5.91 Å². The smallest absolute Gasteiger partial charge is 0.251 e. The van der Waals surface area contributed by atoms with Crippen LogP contribution in [0, 0.1) is 5.82 Å². The molecular weight excluding hydrogens is 641 g/mol. The summed E-state index contributed by atoms with van der Waals surface area (Å²) in [5.74, 6) is -0.143. The third-order valence-electron chi connectivity index (χ3n) is 5.74. The Morgan fingerprint density at radius 1 is 1.13 bits per heavy atom. The maximum atomic E-state index is 14.2. The third-order valence-corrected chi connectivity index (χ3v) is 7.99. The van der Waals surface area contributed by atoms with Crippen molar-refractivity contribution in [1.82, 2.24) is 10.3 Å². The maximum absolute atomic E-state index is 14.2. The lowest BCUT2D eigenvalue weighted by Crippen LogP contribution is -2.30. The number of nitrogens with one attached hydrogen (secondary N) is 1. The van der Waals surface area contributed by atoms with Gasteiger partial charge >= 0.3 is 0 Å². The Hall–Kier alpha value is -2.66. The number of pyridine rings is 1. The zero-order chi connectivity index (χ0) is 27.1. The number of thiophene rings is 1. The highest BCUT2D eigenvalue weighted by Crippen LogP contribution is 2.35. The normalized spacial score (nSPS) is 11.3. The molecule has 1 N–H and O–H groups in total. The zero-order valence-electron chi connectivity index (χ0n) is 20.7. The number of ether oxygens (including phenoxy) is 2. The molecule has 0 saturated heterocycles. The maximum Gasteiger partial charge on any atom is 0.251 e. The van der Waals surface area contributed by atoms with Gasteiger partial charge in [-0.05, 0) is 70.4 Å². The number of halogens is 2. The van der Waals surface area contributed by atoms with Crippen molar-refractivity contribution in [3.8, 4) is 22.8 Å². The number of rotatable bonds is 12. The number of Topliss-reactive ketones (excluding diaryl/α,β-unsaturated/α-hetero) is 1. The monoisotopic (exact) mass is 666 g/mol. The standard InChI is InChI=1S/C27H25FIN2O5PS/c1-3-16-11-21(19-15-38-26-18(19)5-4-6-20(26)28)31-22(12-16)23(32)14-30-27(33)17-7-8-24(25(13-17)34-2)35-9-10-36-37-29/h4-8,11-13,15,37H,3,9-10,14H2,1-2H3,(H,30,33). The molecule has 0 aliphatic rings. The average molecular weight is 666 g/mol. The number of aryl methyl sites for hydroxylation is 1. The average Bonchev–Trinajstić information content (AvgIpc) is 3.39. The van der Waals surface area contributed by atoms with Crippen LogP contribution in [0.2, 0.25) is 0 Å². The first-order valence-corrected chi connectivity index (χ1v) is 16.6. The molecule has 4 rings (SSSR count). The van der Waals surface area contributed by atoms with Gasteiger partial charge in [-0.3, -0.25) is 9.59 Å². The van der Waals surface area contributed by atoms with E-state index in [1.807, 2.05) is 24.4 Å². The summed E-state index contributed by atoms with van der Waals surface area (Å²) < 4.78 is 31.1. The molecule has 2 aromatic carbocycles. The van der Waals surface area contributed by atoms with Crippen molar-refractivity contribution in [2.24, 2.45) is 0 Å². The fraction of sp³-hybridized carbons (Fsp3) is 0.222. The molecule has 0 spiro atoms. The summed E-state index contributed by atoms with van der Waals surface area (Å²) >= 11 is 3.44. The molecule has 11 heteroatoms. The minimum absolute atomic E-state index is 0.230. The van der Waals surface area contributed by atoms with Gasteiger partial charge in [0, 0.05) is 21.9 Å². The second-order valence-corrected chi connectivity index (χ2v) is 10.8. The Kier molecular flexibility index (Phi) is 10.0. The summed E-state index contributed by atoms with van der Waals surface area (Å²) in [7, 11) is 1.49. The van der Waals surface area contributed by atoms with Crippen LogP contribution >= 0.6 is 39.8 Å². The number of carbonyl (C=O) groups excluding carboxylic acids is 2. The van der Waals surface area contributed by atoms with Crippen LogP contribution in [-0.2, 0) is 10.9 Å². The van der Waals surface area contributed by atoms with E-state index < -0.39 is 5.91 Å². The Bertz CT molecular complexity index is 1460. The summed E-state index contributed by atoms with van der Waals surface area (Å²) in [6, 6.07) is 13.4. The molecule has 1 unspecified atom stereocenters. The van der Waals surface area contributed by atoms with E-state index in [9.17, 15) is 14.0 Å². The van der Waals surface area contributed by atoms with Gasteiger partial charge in [0.1, 0.15) is 18.1 Å². The van der Waals surface area contributed by atoms with E-state index in [0.717, 1.165) is 16.5 Å². The highest BCUT2D eigenvalue weighted by molar-refractivity contribution is 14.2. The Balaban J connectivity index is 1.48. The highest BCUT2D eigenvalue weighted by atomic mass is 127. The van der Waals surface area contributed by atoms with Crippen LogP contribution in [0.15, 0.2) is 53.9 Å². The van der Waals surface area contributed by atoms with Gasteiger partial charge in [-0.1, -0.05) is 19.1 Å². The van der Waals surface area contributed by atoms with Crippen LogP contribution in [0.4, 0.5) is 4.39 Å². The van der Waals surface area contributed by atoms with Gasteiger partial charge in [0.05, 0.1) is 37.1 Å². The first kappa shape index (κ1) is 28.4. The van der Waals surface area contributed by atoms with Crippen molar-refractivity contribution in [2.75, 3.05) is 26.9 Å². The van der Waals surface area contributed by atoms with E-state index in [0.29, 0.717) is 53.5 Å². The summed E-state index contributed by atoms with van der Waals surface area (Å²) in [6.45, 7) is 2.91. The van der Waals surface area contributed by atoms with Crippen molar-refractivity contribution in [2.45, 2.75) is 13.3 Å². The Morgan fingerprint density at radius 2 is 1.97 bits per heavy atom. The zero-order valence-corrected chi connectivity index (χ0v) is 24.7. The number of fused-ring (bicyclic) bond motifs is 1. The Labute approximate surface area is 238 Å². The molecule has 0 aliphatic heterocycles. The topological polar surface area (TPSA) is 86.8 Å². The van der Waals surface area contributed by atoms with E-state index in [2.05, 4.69) is 32.3 Å². The lowest BCUT2D eigenvalue weighted by Gasteiger charge is -2.12. The van der Waals surface area contributed by atoms with Gasteiger partial charge in [0.2, 0.25) is 0 Å². The predicted molar refractivity (Wildman–Crippen MR) is 158 cm³/mol. The van der Waals surface area contributed by atoms with Gasteiger partial charge < -0.3 is 19.3 Å². The molecule has 0 aliphatic carbocycles. The first-order chi connectivity index (χ1) is 18.4. The molecule has 0 saturated carbocycles. The number of benzene rings is 2. The van der Waals surface area contributed by atoms with Crippen molar-refractivity contribution in [3.05, 3.63) is 76.5 Å². The lowest BCUT2D eigenvalue weighted by atomic mass is 10.0. The van der Waals surface area contributed by atoms with Crippen LogP contribution in [0.1, 0.15) is 33.3 Å². The SMILES string of the molecule is CCc1cc(C(=O)CNC(=O)c2ccc(OCCOPI)c(OC)c2)nc(-c2csc3c(F)cccc23)c1. The molecule has 1 amide bonds. The van der Waals surface area contributed by atoms with Gasteiger partial charge in [-0.2, -0.15) is 0 Å². The quantitative estimate of drug-likeness (QED) is 0.0792. The van der Waals surface area contributed by atoms with Crippen molar-refractivity contribution in [3.63, 3.8) is 0 Å². The number of ketones is 1. The summed E-state index contributed by atoms with van der Waals surface area (Å²) in [4.78, 5) is 30.4. The number of hydrogen-bond donors (Lipinski definition) is 1. The first-order valence-electron chi connectivity index (χ1n) is 11.7. The fourth-order valence-electron chi connectivity index (χ4n) is 3.81. The highest BCUT2D eigenvalue weighted by Gasteiger charge is 2.17. The van der Waals surface area contributed by atoms with Crippen molar-refractivity contribution in [1.29, 1.82) is 0 Å². The molecule has 2 aromatic heterocycles. The molecule has 4 aromatic rings. The van der Waals surface area contributed by atoms with Crippen LogP contribution < -0.4 is 14.8 Å². The molecule has 2 heterocycles. The summed E-state index contributed by atoms with van der Waals surface area (Å²) in [6.07, 6.45) is 0.692. The van der Waals surface area contributed by atoms with Crippen LogP contribution in [0.5, 0.6) is 11.5 Å². The van der Waals surface area contributed by atoms with Gasteiger partial charge in [-0.25, -0.2) is 9.37 Å². The van der Waals surface area contributed by atoms with E-state index in [4.69, 9.17) is 14.0 Å². The Morgan fingerprint density at radius 3 is 2.74 bits per heavy atom. The summed E-state index contributed by atoms with van der Waals surface area (Å²) in [5, 5.41) is 5.27. The molecular formula is C27H25FIN2O5PS. The van der Waals surface area contributed by atoms with Crippen LogP contribution in [0.3, 0.4) is 0 Å². The number of amides is 1. The van der Waals surface area contributed by atoms with Gasteiger partial charge in [0.15, 0.2) is 17.3 Å². The minimum Gasteiger partial charge on any atom is -0.493 e. The number of aromatic nitrogens is 1. The second-order valence-electron chi connectivity index (χ2n) is 8.11. The molecule has 198 valence electrons. The molecule has 38 heavy (non-hydrogen) atoms. The molecule has 7 nitrogen and oxygen atoms in total. The van der Waals surface area contributed by atoms with E-state index in [1.165, 1.54) is 24.5 Å². The van der Waals surface area contributed by atoms with Crippen molar-refractivity contribution >= 4 is 61.6 Å². The number of methoxy groups -OCH3 is 1. The van der Waals surface area contributed by atoms with Crippen LogP contribution in [-0.4, -0.2) is 43.5 Å². The minimum atomic E-state index is -0.427. The largest absolute Gasteiger partial charge is 0.493 e. The fourth-order valence-corrected chi connectivity index (χ4v) is 5.60. The molecule has 0 bridgehead atoms. The number of hydrogen-bond acceptors (Lipinski definition) is 7. The molecule has 1 atom stereocenters. The number of nitrogens with zero attached hydrogens (tertiary/aromatic N) is 1. The van der Waals surface area contributed by atoms with Crippen molar-refractivity contribution < 1.29 is 28.0 Å². The van der Waals surface area contributed by atoms with E-state index >= 15 is 0 Å². The summed E-state index contributed by atoms with van der Waals surface area (Å²) in [5.41, 5.74) is 2.86. The molecule has 0 radical (unpaired) electrons. The number of carbonyl (C=O) groups is 2. The lowest BCUT2D eigenvalue weighted by molar-refractivity contribution is 0.0902. The van der Waals surface area contributed by atoms with E-state index in [-0.39, 0.29) is 23.8 Å². The van der Waals surface area contributed by atoms with Crippen LogP contribution in [0.25, 0.3) is 21.3 Å². The second kappa shape index (κ2) is 13.4. The third kappa shape index (κ3) is 6.66. The predicted octanol–water partition coefficient (Wildman–Crippen LogP) is 6.63.